The fraction of sp³-hybridized carbons (Fsp3) is 0.500. The fourth-order valence-corrected chi connectivity index (χ4v) is 4.35. The largest absolute Gasteiger partial charge is 0.496 e. The third-order valence-electron chi connectivity index (χ3n) is 5.77. The van der Waals surface area contributed by atoms with Crippen molar-refractivity contribution in [3.8, 4) is 5.75 Å². The molecule has 1 aliphatic heterocycles. The Morgan fingerprint density at radius 3 is 2.61 bits per heavy atom. The summed E-state index contributed by atoms with van der Waals surface area (Å²) in [6.45, 7) is 3.95. The van der Waals surface area contributed by atoms with Gasteiger partial charge in [-0.3, -0.25) is 4.90 Å². The molecule has 1 fully saturated rings. The minimum atomic E-state index is 0.419. The normalized spacial score (nSPS) is 20.2. The predicted octanol–water partition coefficient (Wildman–Crippen LogP) is 4.12. The zero-order chi connectivity index (χ0) is 19.6. The van der Waals surface area contributed by atoms with Crippen molar-refractivity contribution in [2.24, 2.45) is 5.73 Å². The Bertz CT molecular complexity index is 691. The van der Waals surface area contributed by atoms with E-state index in [2.05, 4.69) is 52.7 Å². The highest BCUT2D eigenvalue weighted by Gasteiger charge is 2.32. The lowest BCUT2D eigenvalue weighted by Crippen LogP contribution is -2.48. The fourth-order valence-electron chi connectivity index (χ4n) is 4.35. The number of likely N-dealkylation sites (tertiary alicyclic amines) is 1. The number of hydrogen-bond donors (Lipinski definition) is 2. The van der Waals surface area contributed by atoms with E-state index in [0.717, 1.165) is 31.8 Å². The van der Waals surface area contributed by atoms with E-state index in [0.29, 0.717) is 12.1 Å². The lowest BCUT2D eigenvalue weighted by Gasteiger charge is -2.42. The maximum absolute atomic E-state index is 5.67. The first-order chi connectivity index (χ1) is 13.8. The molecule has 4 nitrogen and oxygen atoms in total. The van der Waals surface area contributed by atoms with Crippen molar-refractivity contribution >= 4 is 0 Å². The molecule has 152 valence electrons. The number of nitrogens with two attached hydrogens (primary N) is 1. The third kappa shape index (κ3) is 5.57. The van der Waals surface area contributed by atoms with Gasteiger partial charge in [-0.1, -0.05) is 55.0 Å². The van der Waals surface area contributed by atoms with Gasteiger partial charge in [-0.25, -0.2) is 0 Å². The summed E-state index contributed by atoms with van der Waals surface area (Å²) in [6.07, 6.45) is 6.00. The maximum Gasteiger partial charge on any atom is 0.123 e. The van der Waals surface area contributed by atoms with Crippen LogP contribution < -0.4 is 15.8 Å². The minimum Gasteiger partial charge on any atom is -0.496 e. The molecule has 0 saturated carbocycles. The highest BCUT2D eigenvalue weighted by Crippen LogP contribution is 2.32. The topological polar surface area (TPSA) is 50.5 Å². The first kappa shape index (κ1) is 20.8. The van der Waals surface area contributed by atoms with E-state index in [1.165, 1.54) is 43.4 Å². The molecular formula is C24H35N3O. The van der Waals surface area contributed by atoms with Gasteiger partial charge in [0.25, 0.3) is 0 Å². The van der Waals surface area contributed by atoms with Crippen LogP contribution in [0, 0.1) is 0 Å². The molecule has 3 N–H and O–H groups in total. The van der Waals surface area contributed by atoms with Gasteiger partial charge in [-0.2, -0.15) is 0 Å². The molecule has 1 heterocycles. The first-order valence-corrected chi connectivity index (χ1v) is 10.7. The summed E-state index contributed by atoms with van der Waals surface area (Å²) < 4.78 is 5.53. The Morgan fingerprint density at radius 2 is 1.82 bits per heavy atom. The van der Waals surface area contributed by atoms with Gasteiger partial charge in [0.1, 0.15) is 5.75 Å². The van der Waals surface area contributed by atoms with Crippen molar-refractivity contribution in [2.75, 3.05) is 26.7 Å². The van der Waals surface area contributed by atoms with Gasteiger partial charge in [-0.05, 0) is 56.9 Å². The zero-order valence-electron chi connectivity index (χ0n) is 17.1. The molecule has 0 bridgehead atoms. The van der Waals surface area contributed by atoms with E-state index in [1.54, 1.807) is 7.11 Å². The molecule has 0 radical (unpaired) electrons. The molecule has 28 heavy (non-hydrogen) atoms. The Kier molecular flexibility index (Phi) is 8.34. The second-order valence-corrected chi connectivity index (χ2v) is 7.68. The second-order valence-electron chi connectivity index (χ2n) is 7.68. The highest BCUT2D eigenvalue weighted by atomic mass is 16.5. The number of hydrogen-bond acceptors (Lipinski definition) is 4. The number of nitrogens with one attached hydrogen (secondary N) is 1. The van der Waals surface area contributed by atoms with E-state index in [9.17, 15) is 0 Å². The number of ether oxygens (including phenoxy) is 1. The van der Waals surface area contributed by atoms with Crippen LogP contribution in [0.1, 0.15) is 49.3 Å². The molecule has 0 unspecified atom stereocenters. The van der Waals surface area contributed by atoms with Crippen molar-refractivity contribution in [3.05, 3.63) is 65.7 Å². The maximum atomic E-state index is 5.67. The van der Waals surface area contributed by atoms with Crippen LogP contribution in [-0.2, 0) is 6.54 Å². The average Bonchev–Trinajstić information content (AvgIpc) is 2.76. The Balaban J connectivity index is 1.71. The standard InChI is InChI=1S/C24H35N3O/c1-28-23-15-7-6-13-21(23)19-26-22-14-10-18-27(17-9-3-8-16-25)24(22)20-11-4-2-5-12-20/h2,4-7,11-13,15,22,24,26H,3,8-10,14,16-19,25H2,1H3/t22-,24-/m0/s1. The van der Waals surface area contributed by atoms with Crippen molar-refractivity contribution in [1.29, 1.82) is 0 Å². The molecule has 0 aromatic heterocycles. The molecule has 1 aliphatic rings. The number of piperidine rings is 1. The lowest BCUT2D eigenvalue weighted by molar-refractivity contribution is 0.108. The summed E-state index contributed by atoms with van der Waals surface area (Å²) in [6, 6.07) is 20.1. The van der Waals surface area contributed by atoms with E-state index < -0.39 is 0 Å². The highest BCUT2D eigenvalue weighted by molar-refractivity contribution is 5.33. The van der Waals surface area contributed by atoms with Gasteiger partial charge in [0, 0.05) is 18.2 Å². The number of rotatable bonds is 10. The van der Waals surface area contributed by atoms with Crippen molar-refractivity contribution in [3.63, 3.8) is 0 Å². The molecule has 4 heteroatoms. The van der Waals surface area contributed by atoms with Gasteiger partial charge in [0.05, 0.1) is 13.2 Å². The van der Waals surface area contributed by atoms with Crippen LogP contribution in [0.5, 0.6) is 5.75 Å². The monoisotopic (exact) mass is 381 g/mol. The second kappa shape index (κ2) is 11.2. The lowest BCUT2D eigenvalue weighted by atomic mass is 9.89. The summed E-state index contributed by atoms with van der Waals surface area (Å²) >= 11 is 0. The van der Waals surface area contributed by atoms with Gasteiger partial charge in [-0.15, -0.1) is 0 Å². The Morgan fingerprint density at radius 1 is 1.04 bits per heavy atom. The predicted molar refractivity (Wildman–Crippen MR) is 117 cm³/mol. The van der Waals surface area contributed by atoms with Crippen molar-refractivity contribution in [2.45, 2.75) is 50.7 Å². The molecule has 3 rings (SSSR count). The first-order valence-electron chi connectivity index (χ1n) is 10.7. The van der Waals surface area contributed by atoms with Crippen molar-refractivity contribution < 1.29 is 4.74 Å². The molecule has 2 aromatic carbocycles. The summed E-state index contributed by atoms with van der Waals surface area (Å²) in [4.78, 5) is 2.68. The smallest absolute Gasteiger partial charge is 0.123 e. The summed E-state index contributed by atoms with van der Waals surface area (Å²) in [5, 5.41) is 3.85. The SMILES string of the molecule is COc1ccccc1CN[C@H]1CCCN(CCCCCN)[C@H]1c1ccccc1. The van der Waals surface area contributed by atoms with E-state index >= 15 is 0 Å². The Hall–Kier alpha value is -1.88. The van der Waals surface area contributed by atoms with Crippen LogP contribution in [0.15, 0.2) is 54.6 Å². The van der Waals surface area contributed by atoms with E-state index in [4.69, 9.17) is 10.5 Å². The number of methoxy groups -OCH3 is 1. The van der Waals surface area contributed by atoms with Crippen LogP contribution in [0.25, 0.3) is 0 Å². The van der Waals surface area contributed by atoms with Gasteiger partial charge in [0.15, 0.2) is 0 Å². The van der Waals surface area contributed by atoms with Crippen LogP contribution in [0.3, 0.4) is 0 Å². The number of benzene rings is 2. The van der Waals surface area contributed by atoms with Gasteiger partial charge < -0.3 is 15.8 Å². The molecule has 0 amide bonds. The minimum absolute atomic E-state index is 0.419. The van der Waals surface area contributed by atoms with Crippen LogP contribution in [-0.4, -0.2) is 37.7 Å². The molecule has 2 atom stereocenters. The molecule has 0 spiro atoms. The van der Waals surface area contributed by atoms with Gasteiger partial charge >= 0.3 is 0 Å². The van der Waals surface area contributed by atoms with Crippen LogP contribution >= 0.6 is 0 Å². The molecule has 1 saturated heterocycles. The van der Waals surface area contributed by atoms with Gasteiger partial charge in [0.2, 0.25) is 0 Å². The summed E-state index contributed by atoms with van der Waals surface area (Å²) in [5.41, 5.74) is 8.31. The number of para-hydroxylation sites is 1. The summed E-state index contributed by atoms with van der Waals surface area (Å²) in [5.74, 6) is 0.959. The quantitative estimate of drug-likeness (QED) is 0.608. The van der Waals surface area contributed by atoms with Crippen LogP contribution in [0.4, 0.5) is 0 Å². The number of unbranched alkanes of at least 4 members (excludes halogenated alkanes) is 2. The van der Waals surface area contributed by atoms with E-state index in [1.807, 2.05) is 12.1 Å². The van der Waals surface area contributed by atoms with Crippen LogP contribution in [0.2, 0.25) is 0 Å². The molecule has 0 aliphatic carbocycles. The third-order valence-corrected chi connectivity index (χ3v) is 5.77. The molecule has 2 aromatic rings. The Labute approximate surface area is 170 Å². The van der Waals surface area contributed by atoms with Crippen molar-refractivity contribution in [1.82, 2.24) is 10.2 Å². The average molecular weight is 382 g/mol. The summed E-state index contributed by atoms with van der Waals surface area (Å²) in [7, 11) is 1.75. The molecular weight excluding hydrogens is 346 g/mol. The van der Waals surface area contributed by atoms with E-state index in [-0.39, 0.29) is 0 Å². The number of nitrogens with zero attached hydrogens (tertiary/aromatic N) is 1. The zero-order valence-corrected chi connectivity index (χ0v) is 17.1.